The standard InChI is InChI=1S/C29H34ClN7O2/c1-20-19-37(18-15-32-20)27(38)21-4-10-24(11-5-21)34-28(31)35-26-25(3-2-14-33-26)36-16-12-29(39,13-17-36)22-6-8-23(30)9-7-22/h2-11,14,20,32,39H,12-13,15-19H2,1H3,(H3,31,33,34,35). The minimum absolute atomic E-state index is 0.0270. The number of nitrogens with one attached hydrogen (secondary N) is 2. The SMILES string of the molecule is CC1CN(C(=O)c2ccc(N/C(N)=N/c3ncccc3N3CCC(O)(c4ccc(Cl)cc4)CC3)cc2)CCN1. The lowest BCUT2D eigenvalue weighted by atomic mass is 9.84. The maximum atomic E-state index is 12.8. The summed E-state index contributed by atoms with van der Waals surface area (Å²) < 4.78 is 0. The third kappa shape index (κ3) is 6.33. The van der Waals surface area contributed by atoms with E-state index < -0.39 is 5.60 Å². The van der Waals surface area contributed by atoms with Crippen molar-refractivity contribution < 1.29 is 9.90 Å². The van der Waals surface area contributed by atoms with Gasteiger partial charge in [-0.25, -0.2) is 4.98 Å². The predicted molar refractivity (Wildman–Crippen MR) is 156 cm³/mol. The highest BCUT2D eigenvalue weighted by molar-refractivity contribution is 6.30. The number of piperidine rings is 1. The first-order chi connectivity index (χ1) is 18.8. The molecule has 0 spiro atoms. The van der Waals surface area contributed by atoms with E-state index in [1.54, 1.807) is 18.3 Å². The van der Waals surface area contributed by atoms with Gasteiger partial charge in [0.25, 0.3) is 5.91 Å². The number of aliphatic imine (C=N–C) groups is 1. The third-order valence-corrected chi connectivity index (χ3v) is 7.62. The molecule has 5 rings (SSSR count). The van der Waals surface area contributed by atoms with Crippen LogP contribution in [0.4, 0.5) is 17.2 Å². The van der Waals surface area contributed by atoms with Crippen molar-refractivity contribution in [3.63, 3.8) is 0 Å². The Morgan fingerprint density at radius 3 is 2.54 bits per heavy atom. The molecule has 1 atom stereocenters. The normalized spacial score (nSPS) is 19.6. The zero-order valence-corrected chi connectivity index (χ0v) is 22.7. The average Bonchev–Trinajstić information content (AvgIpc) is 2.94. The van der Waals surface area contributed by atoms with Crippen LogP contribution in [0.3, 0.4) is 0 Å². The van der Waals surface area contributed by atoms with Crippen LogP contribution in [0.15, 0.2) is 71.9 Å². The topological polar surface area (TPSA) is 119 Å². The van der Waals surface area contributed by atoms with E-state index in [9.17, 15) is 9.90 Å². The zero-order valence-electron chi connectivity index (χ0n) is 22.0. The van der Waals surface area contributed by atoms with Gasteiger partial charge in [-0.15, -0.1) is 0 Å². The molecule has 0 bridgehead atoms. The van der Waals surface area contributed by atoms with Crippen LogP contribution in [0, 0.1) is 0 Å². The minimum Gasteiger partial charge on any atom is -0.385 e. The molecular weight excluding hydrogens is 514 g/mol. The van der Waals surface area contributed by atoms with Gasteiger partial charge in [0.2, 0.25) is 0 Å². The number of hydrogen-bond acceptors (Lipinski definition) is 6. The van der Waals surface area contributed by atoms with Crippen molar-refractivity contribution in [2.75, 3.05) is 42.9 Å². The summed E-state index contributed by atoms with van der Waals surface area (Å²) in [4.78, 5) is 25.9. The van der Waals surface area contributed by atoms with Crippen LogP contribution in [-0.2, 0) is 5.60 Å². The second-order valence-corrected chi connectivity index (χ2v) is 10.6. The van der Waals surface area contributed by atoms with Gasteiger partial charge in [-0.1, -0.05) is 23.7 Å². The molecule has 2 aliphatic rings. The van der Waals surface area contributed by atoms with Gasteiger partial charge in [0, 0.05) is 61.2 Å². The molecule has 3 heterocycles. The fourth-order valence-electron chi connectivity index (χ4n) is 5.17. The zero-order chi connectivity index (χ0) is 27.4. The molecule has 39 heavy (non-hydrogen) atoms. The van der Waals surface area contributed by atoms with E-state index in [0.717, 1.165) is 23.5 Å². The molecule has 1 aromatic heterocycles. The second kappa shape index (κ2) is 11.6. The fourth-order valence-corrected chi connectivity index (χ4v) is 5.30. The highest BCUT2D eigenvalue weighted by Gasteiger charge is 2.34. The average molecular weight is 548 g/mol. The number of guanidine groups is 1. The van der Waals surface area contributed by atoms with Crippen molar-refractivity contribution in [1.82, 2.24) is 15.2 Å². The Labute approximate surface area is 233 Å². The number of nitrogens with zero attached hydrogens (tertiary/aromatic N) is 4. The van der Waals surface area contributed by atoms with Crippen LogP contribution in [0.5, 0.6) is 0 Å². The Kier molecular flexibility index (Phi) is 8.02. The number of carbonyl (C=O) groups excluding carboxylic acids is 1. The number of amides is 1. The summed E-state index contributed by atoms with van der Waals surface area (Å²) in [5.41, 5.74) is 8.44. The molecule has 1 amide bonds. The largest absolute Gasteiger partial charge is 0.385 e. The molecule has 2 saturated heterocycles. The third-order valence-electron chi connectivity index (χ3n) is 7.37. The molecule has 1 unspecified atom stereocenters. The summed E-state index contributed by atoms with van der Waals surface area (Å²) in [6.45, 7) is 5.56. The Bertz CT molecular complexity index is 1320. The van der Waals surface area contributed by atoms with Gasteiger partial charge in [-0.2, -0.15) is 4.99 Å². The van der Waals surface area contributed by atoms with E-state index in [1.165, 1.54) is 0 Å². The summed E-state index contributed by atoms with van der Waals surface area (Å²) in [5, 5.41) is 18.3. The van der Waals surface area contributed by atoms with Gasteiger partial charge < -0.3 is 31.3 Å². The molecule has 2 aliphatic heterocycles. The maximum Gasteiger partial charge on any atom is 0.253 e. The molecule has 5 N–H and O–H groups in total. The fraction of sp³-hybridized carbons (Fsp3) is 0.345. The number of halogens is 1. The van der Waals surface area contributed by atoms with Gasteiger partial charge >= 0.3 is 0 Å². The number of aliphatic hydroxyl groups is 1. The van der Waals surface area contributed by atoms with Gasteiger partial charge in [0.15, 0.2) is 11.8 Å². The number of piperazine rings is 1. The summed E-state index contributed by atoms with van der Waals surface area (Å²) >= 11 is 6.02. The molecule has 2 fully saturated rings. The van der Waals surface area contributed by atoms with E-state index >= 15 is 0 Å². The van der Waals surface area contributed by atoms with Crippen LogP contribution in [0.1, 0.15) is 35.7 Å². The van der Waals surface area contributed by atoms with E-state index in [0.29, 0.717) is 55.4 Å². The first-order valence-electron chi connectivity index (χ1n) is 13.2. The maximum absolute atomic E-state index is 12.8. The lowest BCUT2D eigenvalue weighted by molar-refractivity contribution is 0.0118. The van der Waals surface area contributed by atoms with Crippen molar-refractivity contribution in [2.45, 2.75) is 31.4 Å². The molecule has 3 aromatic rings. The van der Waals surface area contributed by atoms with E-state index in [4.69, 9.17) is 17.3 Å². The lowest BCUT2D eigenvalue weighted by Crippen LogP contribution is -2.51. The van der Waals surface area contributed by atoms with Crippen molar-refractivity contribution in [2.24, 2.45) is 10.7 Å². The predicted octanol–water partition coefficient (Wildman–Crippen LogP) is 3.72. The van der Waals surface area contributed by atoms with Crippen molar-refractivity contribution in [1.29, 1.82) is 0 Å². The summed E-state index contributed by atoms with van der Waals surface area (Å²) in [6, 6.07) is 18.7. The smallest absolute Gasteiger partial charge is 0.253 e. The first-order valence-corrected chi connectivity index (χ1v) is 13.6. The second-order valence-electron chi connectivity index (χ2n) is 10.2. The monoisotopic (exact) mass is 547 g/mol. The van der Waals surface area contributed by atoms with Crippen LogP contribution in [0.2, 0.25) is 5.02 Å². The summed E-state index contributed by atoms with van der Waals surface area (Å²) in [7, 11) is 0. The Hall–Kier alpha value is -3.66. The van der Waals surface area contributed by atoms with Gasteiger partial charge in [0.05, 0.1) is 11.3 Å². The van der Waals surface area contributed by atoms with E-state index in [2.05, 4.69) is 32.4 Å². The summed E-state index contributed by atoms with van der Waals surface area (Å²) in [6.07, 6.45) is 2.82. The van der Waals surface area contributed by atoms with Gasteiger partial charge in [-0.05, 0) is 73.9 Å². The van der Waals surface area contributed by atoms with E-state index in [-0.39, 0.29) is 17.9 Å². The molecule has 0 radical (unpaired) electrons. The number of aromatic nitrogens is 1. The number of rotatable bonds is 5. The number of hydrogen-bond donors (Lipinski definition) is 4. The molecular formula is C29H34ClN7O2. The van der Waals surface area contributed by atoms with Crippen molar-refractivity contribution in [3.8, 4) is 0 Å². The van der Waals surface area contributed by atoms with Crippen molar-refractivity contribution >= 4 is 40.7 Å². The number of pyridine rings is 1. The van der Waals surface area contributed by atoms with Gasteiger partial charge in [0.1, 0.15) is 0 Å². The quantitative estimate of drug-likeness (QED) is 0.284. The van der Waals surface area contributed by atoms with Crippen LogP contribution in [-0.4, -0.2) is 65.6 Å². The van der Waals surface area contributed by atoms with Crippen LogP contribution >= 0.6 is 11.6 Å². The number of carbonyl (C=O) groups is 1. The van der Waals surface area contributed by atoms with Crippen LogP contribution < -0.4 is 21.3 Å². The Balaban J connectivity index is 1.23. The number of nitrogens with two attached hydrogens (primary N) is 1. The van der Waals surface area contributed by atoms with Gasteiger partial charge in [-0.3, -0.25) is 4.79 Å². The first kappa shape index (κ1) is 26.9. The number of benzene rings is 2. The van der Waals surface area contributed by atoms with E-state index in [1.807, 2.05) is 53.4 Å². The lowest BCUT2D eigenvalue weighted by Gasteiger charge is -2.39. The minimum atomic E-state index is -0.899. The summed E-state index contributed by atoms with van der Waals surface area (Å²) in [5.74, 6) is 0.720. The molecule has 10 heteroatoms. The molecule has 0 aliphatic carbocycles. The van der Waals surface area contributed by atoms with Crippen molar-refractivity contribution in [3.05, 3.63) is 83.0 Å². The molecule has 0 saturated carbocycles. The number of anilines is 2. The molecule has 204 valence electrons. The Morgan fingerprint density at radius 2 is 1.85 bits per heavy atom. The van der Waals surface area contributed by atoms with Crippen LogP contribution in [0.25, 0.3) is 0 Å². The molecule has 2 aromatic carbocycles. The highest BCUT2D eigenvalue weighted by Crippen LogP contribution is 2.37. The highest BCUT2D eigenvalue weighted by atomic mass is 35.5. The molecule has 9 nitrogen and oxygen atoms in total. The Morgan fingerprint density at radius 1 is 1.13 bits per heavy atom.